The number of fused-ring (bicyclic) bond motifs is 2. The number of para-hydroxylation sites is 2. The van der Waals surface area contributed by atoms with E-state index in [-0.39, 0.29) is 16.9 Å². The monoisotopic (exact) mass is 516 g/mol. The Kier molecular flexibility index (Phi) is 6.43. The smallest absolute Gasteiger partial charge is 0.346 e. The molecule has 0 radical (unpaired) electrons. The van der Waals surface area contributed by atoms with Crippen molar-refractivity contribution in [2.75, 3.05) is 0 Å². The Labute approximate surface area is 223 Å². The van der Waals surface area contributed by atoms with Gasteiger partial charge in [-0.2, -0.15) is 0 Å². The third kappa shape index (κ3) is 4.80. The maximum Gasteiger partial charge on any atom is 0.346 e. The first-order chi connectivity index (χ1) is 19.1. The van der Waals surface area contributed by atoms with E-state index >= 15 is 0 Å². The van der Waals surface area contributed by atoms with E-state index in [0.29, 0.717) is 12.4 Å². The second kappa shape index (κ2) is 10.3. The van der Waals surface area contributed by atoms with Crippen LogP contribution < -0.4 is 0 Å². The molecule has 0 bridgehead atoms. The van der Waals surface area contributed by atoms with Gasteiger partial charge in [0.25, 0.3) is 0 Å². The maximum atomic E-state index is 15.0. The lowest BCUT2D eigenvalue weighted by Gasteiger charge is -2.13. The van der Waals surface area contributed by atoms with Gasteiger partial charge in [0.2, 0.25) is 0 Å². The lowest BCUT2D eigenvalue weighted by molar-refractivity contribution is 0.0688. The van der Waals surface area contributed by atoms with E-state index in [2.05, 4.69) is 24.3 Å². The van der Waals surface area contributed by atoms with Gasteiger partial charge in [0.05, 0.1) is 28.7 Å². The molecule has 0 aliphatic carbocycles. The summed E-state index contributed by atoms with van der Waals surface area (Å²) >= 11 is 0. The fourth-order valence-corrected chi connectivity index (χ4v) is 4.69. The third-order valence-corrected chi connectivity index (χ3v) is 6.59. The first-order valence-electron chi connectivity index (χ1n) is 12.4. The van der Waals surface area contributed by atoms with Crippen molar-refractivity contribution in [2.45, 2.75) is 6.54 Å². The van der Waals surface area contributed by atoms with Crippen LogP contribution in [0.25, 0.3) is 33.6 Å². The van der Waals surface area contributed by atoms with Gasteiger partial charge in [-0.3, -0.25) is 0 Å². The summed E-state index contributed by atoms with van der Waals surface area (Å²) < 4.78 is 37.0. The Morgan fingerprint density at radius 1 is 0.744 bits per heavy atom. The Balaban J connectivity index is 1.50. The number of rotatable bonds is 6. The van der Waals surface area contributed by atoms with Crippen molar-refractivity contribution in [3.63, 3.8) is 0 Å². The highest BCUT2D eigenvalue weighted by atomic mass is 19.1. The molecule has 4 nitrogen and oxygen atoms in total. The zero-order chi connectivity index (χ0) is 26.8. The van der Waals surface area contributed by atoms with Crippen LogP contribution in [0.5, 0.6) is 0 Å². The molecule has 190 valence electrons. The van der Waals surface area contributed by atoms with Gasteiger partial charge in [-0.05, 0) is 52.7 Å². The number of carbonyl (C=O) groups is 1. The summed E-state index contributed by atoms with van der Waals surface area (Å²) in [6.07, 6.45) is 1.53. The molecule has 1 aromatic heterocycles. The SMILES string of the molecule is O=C(O/C(=C\c1nc2ccccc2n1Cc1cccc2ccccc12)c1ccccc1F)c1ccccc1F. The molecule has 6 heteroatoms. The largest absolute Gasteiger partial charge is 0.422 e. The van der Waals surface area contributed by atoms with Gasteiger partial charge in [0.1, 0.15) is 23.2 Å². The zero-order valence-corrected chi connectivity index (χ0v) is 20.7. The van der Waals surface area contributed by atoms with E-state index in [1.165, 1.54) is 42.5 Å². The summed E-state index contributed by atoms with van der Waals surface area (Å²) in [5, 5.41) is 2.22. The molecular weight excluding hydrogens is 494 g/mol. The van der Waals surface area contributed by atoms with Gasteiger partial charge in [-0.25, -0.2) is 18.6 Å². The van der Waals surface area contributed by atoms with Gasteiger partial charge in [0, 0.05) is 6.08 Å². The molecule has 0 atom stereocenters. The predicted molar refractivity (Wildman–Crippen MR) is 149 cm³/mol. The summed E-state index contributed by atoms with van der Waals surface area (Å²) in [5.74, 6) is -1.85. The third-order valence-electron chi connectivity index (χ3n) is 6.59. The number of halogens is 2. The van der Waals surface area contributed by atoms with Gasteiger partial charge in [-0.15, -0.1) is 0 Å². The Morgan fingerprint density at radius 3 is 2.18 bits per heavy atom. The Morgan fingerprint density at radius 2 is 1.38 bits per heavy atom. The summed E-state index contributed by atoms with van der Waals surface area (Å²) in [6.45, 7) is 0.472. The van der Waals surface area contributed by atoms with Crippen LogP contribution in [0.1, 0.15) is 27.3 Å². The molecule has 0 unspecified atom stereocenters. The number of carbonyl (C=O) groups excluding carboxylic acids is 1. The fraction of sp³-hybridized carbons (Fsp3) is 0.0303. The number of benzene rings is 5. The Hall–Kier alpha value is -5.10. The van der Waals surface area contributed by atoms with Crippen molar-refractivity contribution in [3.8, 4) is 0 Å². The van der Waals surface area contributed by atoms with Crippen molar-refractivity contribution < 1.29 is 18.3 Å². The molecule has 0 fully saturated rings. The number of esters is 1. The number of imidazole rings is 1. The van der Waals surface area contributed by atoms with Crippen LogP contribution in [0, 0.1) is 11.6 Å². The fourth-order valence-electron chi connectivity index (χ4n) is 4.69. The molecule has 39 heavy (non-hydrogen) atoms. The van der Waals surface area contributed by atoms with E-state index in [1.807, 2.05) is 47.0 Å². The number of ether oxygens (including phenoxy) is 1. The van der Waals surface area contributed by atoms with Crippen molar-refractivity contribution in [3.05, 3.63) is 149 Å². The van der Waals surface area contributed by atoms with Gasteiger partial charge in [-0.1, -0.05) is 78.9 Å². The highest BCUT2D eigenvalue weighted by Crippen LogP contribution is 2.28. The highest BCUT2D eigenvalue weighted by molar-refractivity contribution is 5.95. The van der Waals surface area contributed by atoms with E-state index < -0.39 is 17.6 Å². The lowest BCUT2D eigenvalue weighted by atomic mass is 10.0. The second-order valence-corrected chi connectivity index (χ2v) is 9.04. The standard InChI is InChI=1S/C33H22F2N2O2/c34-27-16-5-3-14-25(27)31(39-33(38)26-15-4-6-17-28(26)35)20-32-36-29-18-7-8-19-30(29)37(32)21-23-12-9-11-22-10-1-2-13-24(22)23/h1-20H,21H2/b31-20-. The number of hydrogen-bond acceptors (Lipinski definition) is 3. The molecule has 0 amide bonds. The van der Waals surface area contributed by atoms with Crippen molar-refractivity contribution in [1.82, 2.24) is 9.55 Å². The average Bonchev–Trinajstić information content (AvgIpc) is 3.30. The van der Waals surface area contributed by atoms with Crippen LogP contribution in [0.15, 0.2) is 115 Å². The molecule has 0 N–H and O–H groups in total. The lowest BCUT2D eigenvalue weighted by Crippen LogP contribution is -2.09. The first-order valence-corrected chi connectivity index (χ1v) is 12.4. The van der Waals surface area contributed by atoms with Crippen LogP contribution in [0.3, 0.4) is 0 Å². The predicted octanol–water partition coefficient (Wildman–Crippen LogP) is 7.87. The minimum absolute atomic E-state index is 0.0611. The van der Waals surface area contributed by atoms with Crippen LogP contribution in [-0.2, 0) is 11.3 Å². The molecule has 0 saturated carbocycles. The Bertz CT molecular complexity index is 1870. The normalized spacial score (nSPS) is 11.7. The summed E-state index contributed by atoms with van der Waals surface area (Å²) in [7, 11) is 0. The first kappa shape index (κ1) is 24.2. The summed E-state index contributed by atoms with van der Waals surface area (Å²) in [5.41, 5.74) is 2.49. The van der Waals surface area contributed by atoms with Crippen LogP contribution >= 0.6 is 0 Å². The average molecular weight is 517 g/mol. The number of aromatic nitrogens is 2. The van der Waals surface area contributed by atoms with E-state index in [1.54, 1.807) is 12.1 Å². The van der Waals surface area contributed by atoms with Crippen molar-refractivity contribution in [2.24, 2.45) is 0 Å². The van der Waals surface area contributed by atoms with Gasteiger partial charge >= 0.3 is 5.97 Å². The van der Waals surface area contributed by atoms with Crippen LogP contribution in [0.4, 0.5) is 8.78 Å². The van der Waals surface area contributed by atoms with Crippen molar-refractivity contribution >= 4 is 39.6 Å². The van der Waals surface area contributed by atoms with E-state index in [0.717, 1.165) is 27.4 Å². The van der Waals surface area contributed by atoms with Gasteiger partial charge < -0.3 is 9.30 Å². The van der Waals surface area contributed by atoms with Crippen LogP contribution in [-0.4, -0.2) is 15.5 Å². The summed E-state index contributed by atoms with van der Waals surface area (Å²) in [4.78, 5) is 17.8. The zero-order valence-electron chi connectivity index (χ0n) is 20.7. The van der Waals surface area contributed by atoms with E-state index in [4.69, 9.17) is 9.72 Å². The molecule has 0 aliphatic rings. The molecule has 0 saturated heterocycles. The van der Waals surface area contributed by atoms with Crippen LogP contribution in [0.2, 0.25) is 0 Å². The van der Waals surface area contributed by atoms with E-state index in [9.17, 15) is 13.6 Å². The molecule has 6 aromatic rings. The molecule has 0 spiro atoms. The highest BCUT2D eigenvalue weighted by Gasteiger charge is 2.20. The minimum Gasteiger partial charge on any atom is -0.422 e. The number of hydrogen-bond donors (Lipinski definition) is 0. The quantitative estimate of drug-likeness (QED) is 0.167. The molecular formula is C33H22F2N2O2. The van der Waals surface area contributed by atoms with Gasteiger partial charge in [0.15, 0.2) is 0 Å². The van der Waals surface area contributed by atoms with Crippen molar-refractivity contribution in [1.29, 1.82) is 0 Å². The molecule has 6 rings (SSSR count). The maximum absolute atomic E-state index is 15.0. The topological polar surface area (TPSA) is 44.1 Å². The molecule has 5 aromatic carbocycles. The number of nitrogens with zero attached hydrogens (tertiary/aromatic N) is 2. The molecule has 0 aliphatic heterocycles. The summed E-state index contributed by atoms with van der Waals surface area (Å²) in [6, 6.07) is 33.4. The minimum atomic E-state index is -0.931. The second-order valence-electron chi connectivity index (χ2n) is 9.04. The molecule has 1 heterocycles.